The molecule has 15 heavy (non-hydrogen) atoms. The zero-order valence-corrected chi connectivity index (χ0v) is 8.00. The van der Waals surface area contributed by atoms with Gasteiger partial charge in [-0.3, -0.25) is 0 Å². The van der Waals surface area contributed by atoms with Gasteiger partial charge in [0.2, 0.25) is 0 Å². The van der Waals surface area contributed by atoms with Crippen LogP contribution in [0.3, 0.4) is 0 Å². The Bertz CT molecular complexity index is 269. The van der Waals surface area contributed by atoms with Crippen LogP contribution in [0.2, 0.25) is 0 Å². The molecular weight excluding hydrogens is 206 g/mol. The minimum atomic E-state index is -1.57. The summed E-state index contributed by atoms with van der Waals surface area (Å²) in [5, 5.41) is 40.9. The van der Waals surface area contributed by atoms with E-state index < -0.39 is 36.6 Å². The summed E-state index contributed by atoms with van der Waals surface area (Å²) in [6.07, 6.45) is -7.03. The molecule has 0 unspecified atom stereocenters. The number of aliphatic hydroxyl groups is 4. The van der Waals surface area contributed by atoms with E-state index in [9.17, 15) is 20.4 Å². The first-order chi connectivity index (χ1) is 7.04. The molecule has 1 aliphatic carbocycles. The summed E-state index contributed by atoms with van der Waals surface area (Å²) in [6, 6.07) is -1.13. The van der Waals surface area contributed by atoms with Crippen molar-refractivity contribution in [3.63, 3.8) is 0 Å². The smallest absolute Gasteiger partial charge is 0.111 e. The Morgan fingerprint density at radius 1 is 1.07 bits per heavy atom. The molecule has 1 aliphatic rings. The van der Waals surface area contributed by atoms with E-state index >= 15 is 0 Å². The lowest BCUT2D eigenvalue weighted by Crippen LogP contribution is -2.63. The predicted molar refractivity (Wildman–Crippen MR) is 47.8 cm³/mol. The molecular formula is C7H13N3O5. The molecule has 0 heterocycles. The number of azide groups is 1. The van der Waals surface area contributed by atoms with E-state index in [2.05, 4.69) is 10.0 Å². The fraction of sp³-hybridized carbons (Fsp3) is 1.00. The number of methoxy groups -OCH3 is 1. The molecule has 0 radical (unpaired) electrons. The Kier molecular flexibility index (Phi) is 3.86. The van der Waals surface area contributed by atoms with Gasteiger partial charge in [0.25, 0.3) is 0 Å². The fourth-order valence-electron chi connectivity index (χ4n) is 1.67. The molecule has 0 bridgehead atoms. The number of ether oxygens (including phenoxy) is 1. The number of hydrogen-bond acceptors (Lipinski definition) is 6. The highest BCUT2D eigenvalue weighted by Gasteiger charge is 2.48. The molecule has 8 heteroatoms. The number of rotatable bonds is 2. The third-order valence-electron chi connectivity index (χ3n) is 2.53. The second-order valence-electron chi connectivity index (χ2n) is 3.36. The molecule has 8 nitrogen and oxygen atoms in total. The maximum atomic E-state index is 9.49. The van der Waals surface area contributed by atoms with Crippen molar-refractivity contribution < 1.29 is 25.2 Å². The van der Waals surface area contributed by atoms with Crippen molar-refractivity contribution in [1.82, 2.24) is 0 Å². The van der Waals surface area contributed by atoms with Gasteiger partial charge in [-0.25, -0.2) is 0 Å². The molecule has 1 fully saturated rings. The topological polar surface area (TPSA) is 139 Å². The molecule has 86 valence electrons. The first kappa shape index (κ1) is 12.2. The maximum absolute atomic E-state index is 9.49. The van der Waals surface area contributed by atoms with Crippen molar-refractivity contribution in [3.05, 3.63) is 10.4 Å². The Morgan fingerprint density at radius 3 is 2.07 bits per heavy atom. The molecule has 4 N–H and O–H groups in total. The summed E-state index contributed by atoms with van der Waals surface area (Å²) in [4.78, 5) is 2.48. The van der Waals surface area contributed by atoms with E-state index in [1.54, 1.807) is 0 Å². The van der Waals surface area contributed by atoms with Gasteiger partial charge in [-0.1, -0.05) is 5.11 Å². The van der Waals surface area contributed by atoms with Crippen LogP contribution in [0.4, 0.5) is 0 Å². The lowest BCUT2D eigenvalue weighted by molar-refractivity contribution is -0.191. The van der Waals surface area contributed by atoms with Crippen molar-refractivity contribution in [2.75, 3.05) is 7.11 Å². The lowest BCUT2D eigenvalue weighted by atomic mass is 9.83. The third kappa shape index (κ3) is 2.05. The van der Waals surface area contributed by atoms with Crippen LogP contribution in [0.1, 0.15) is 0 Å². The highest BCUT2D eigenvalue weighted by Crippen LogP contribution is 2.25. The van der Waals surface area contributed by atoms with Crippen LogP contribution in [0.15, 0.2) is 5.11 Å². The zero-order chi connectivity index (χ0) is 11.6. The van der Waals surface area contributed by atoms with E-state index in [4.69, 9.17) is 10.3 Å². The molecule has 0 spiro atoms. The van der Waals surface area contributed by atoms with Crippen LogP contribution in [-0.2, 0) is 4.74 Å². The van der Waals surface area contributed by atoms with Crippen molar-refractivity contribution in [2.45, 2.75) is 36.6 Å². The van der Waals surface area contributed by atoms with Gasteiger partial charge < -0.3 is 25.2 Å². The molecule has 0 aromatic heterocycles. The quantitative estimate of drug-likeness (QED) is 0.245. The second-order valence-corrected chi connectivity index (χ2v) is 3.36. The largest absolute Gasteiger partial charge is 0.390 e. The van der Waals surface area contributed by atoms with Gasteiger partial charge in [-0.15, -0.1) is 0 Å². The Labute approximate surface area is 85.3 Å². The van der Waals surface area contributed by atoms with E-state index in [-0.39, 0.29) is 0 Å². The number of nitrogens with zero attached hydrogens (tertiary/aromatic N) is 3. The number of hydrogen-bond donors (Lipinski definition) is 4. The zero-order valence-electron chi connectivity index (χ0n) is 8.00. The summed E-state index contributed by atoms with van der Waals surface area (Å²) in [6.45, 7) is 0. The Morgan fingerprint density at radius 2 is 1.60 bits per heavy atom. The minimum absolute atomic E-state index is 1.05. The standard InChI is InChI=1S/C7H13N3O5/c1-15-7-2(9-10-8)3(11)4(12)5(13)6(7)14/h2-7,11-14H,1H3/t2-,3+,4+,5-,6+,7+/m0/s1. The van der Waals surface area contributed by atoms with Gasteiger partial charge in [0.15, 0.2) is 0 Å². The van der Waals surface area contributed by atoms with Crippen molar-refractivity contribution in [3.8, 4) is 0 Å². The van der Waals surface area contributed by atoms with E-state index in [0.29, 0.717) is 0 Å². The van der Waals surface area contributed by atoms with Gasteiger partial charge in [0.1, 0.15) is 18.3 Å². The van der Waals surface area contributed by atoms with Crippen molar-refractivity contribution in [1.29, 1.82) is 0 Å². The molecule has 1 rings (SSSR count). The average Bonchev–Trinajstić information content (AvgIpc) is 2.24. The van der Waals surface area contributed by atoms with Gasteiger partial charge in [0, 0.05) is 12.0 Å². The minimum Gasteiger partial charge on any atom is -0.390 e. The Hall–Kier alpha value is -0.890. The van der Waals surface area contributed by atoms with Crippen molar-refractivity contribution in [2.24, 2.45) is 5.11 Å². The van der Waals surface area contributed by atoms with E-state index in [0.717, 1.165) is 0 Å². The van der Waals surface area contributed by atoms with Gasteiger partial charge in [-0.05, 0) is 5.53 Å². The first-order valence-electron chi connectivity index (χ1n) is 4.33. The van der Waals surface area contributed by atoms with Crippen LogP contribution >= 0.6 is 0 Å². The van der Waals surface area contributed by atoms with Gasteiger partial charge in [-0.2, -0.15) is 0 Å². The predicted octanol–water partition coefficient (Wildman–Crippen LogP) is -1.86. The molecule has 1 saturated carbocycles. The maximum Gasteiger partial charge on any atom is 0.111 e. The van der Waals surface area contributed by atoms with Gasteiger partial charge >= 0.3 is 0 Å². The van der Waals surface area contributed by atoms with Crippen molar-refractivity contribution >= 4 is 0 Å². The first-order valence-corrected chi connectivity index (χ1v) is 4.33. The lowest BCUT2D eigenvalue weighted by Gasteiger charge is -2.41. The van der Waals surface area contributed by atoms with E-state index in [1.165, 1.54) is 7.11 Å². The molecule has 0 amide bonds. The molecule has 6 atom stereocenters. The molecule has 0 aliphatic heterocycles. The van der Waals surface area contributed by atoms with Crippen LogP contribution in [-0.4, -0.2) is 64.1 Å². The Balaban J connectivity index is 2.96. The average molecular weight is 219 g/mol. The number of aliphatic hydroxyl groups excluding tert-OH is 4. The van der Waals surface area contributed by atoms with Crippen LogP contribution < -0.4 is 0 Å². The highest BCUT2D eigenvalue weighted by molar-refractivity contribution is 5.02. The third-order valence-corrected chi connectivity index (χ3v) is 2.53. The normalized spacial score (nSPS) is 45.9. The SMILES string of the molecule is CO[C@H]1[C@H](O)[C@@H](O)[C@H](O)[C@H](O)[C@@H]1N=[N+]=[N-]. The highest BCUT2D eigenvalue weighted by atomic mass is 16.5. The summed E-state index contributed by atoms with van der Waals surface area (Å²) in [5.74, 6) is 0. The summed E-state index contributed by atoms with van der Waals surface area (Å²) < 4.78 is 4.81. The summed E-state index contributed by atoms with van der Waals surface area (Å²) in [7, 11) is 1.24. The summed E-state index contributed by atoms with van der Waals surface area (Å²) >= 11 is 0. The van der Waals surface area contributed by atoms with Gasteiger partial charge in [0.05, 0.1) is 18.2 Å². The molecule has 0 saturated heterocycles. The van der Waals surface area contributed by atoms with Crippen LogP contribution in [0.5, 0.6) is 0 Å². The van der Waals surface area contributed by atoms with Crippen LogP contribution in [0, 0.1) is 0 Å². The van der Waals surface area contributed by atoms with E-state index in [1.807, 2.05) is 0 Å². The molecule has 0 aromatic rings. The second kappa shape index (κ2) is 4.75. The fourth-order valence-corrected chi connectivity index (χ4v) is 1.67. The molecule has 0 aromatic carbocycles. The summed E-state index contributed by atoms with van der Waals surface area (Å²) in [5.41, 5.74) is 8.25. The monoisotopic (exact) mass is 219 g/mol. The van der Waals surface area contributed by atoms with Crippen LogP contribution in [0.25, 0.3) is 10.4 Å².